The smallest absolute Gasteiger partial charge is 0.269 e. The molecule has 1 fully saturated rings. The standard InChI is InChI=1S/C24H24ClN7O2/c25-20-14-27-24(29-23(20)22-19-6-1-2-7-21(19)30-31-22)28-17-5-3-4-16(12-17)26-13-15-8-10-18(11-9-15)32(33)34/h1-2,6-11,14,16-17,26H,3-5,12-13H2,(H,30,31)(H,27,28,29)/t16-,17?/m0/s1. The van der Waals surface area contributed by atoms with Gasteiger partial charge in [0, 0.05) is 36.1 Å². The molecular weight excluding hydrogens is 454 g/mol. The van der Waals surface area contributed by atoms with Crippen LogP contribution in [0, 0.1) is 10.1 Å². The first-order valence-electron chi connectivity index (χ1n) is 11.3. The molecule has 0 bridgehead atoms. The molecule has 0 spiro atoms. The Morgan fingerprint density at radius 1 is 1.09 bits per heavy atom. The molecule has 2 heterocycles. The number of rotatable bonds is 7. The predicted octanol–water partition coefficient (Wildman–Crippen LogP) is 5.09. The summed E-state index contributed by atoms with van der Waals surface area (Å²) in [6.07, 6.45) is 5.74. The lowest BCUT2D eigenvalue weighted by Crippen LogP contribution is -2.38. The second kappa shape index (κ2) is 9.74. The summed E-state index contributed by atoms with van der Waals surface area (Å²) in [5.74, 6) is 0.535. The van der Waals surface area contributed by atoms with Gasteiger partial charge in [0.25, 0.3) is 5.69 Å². The van der Waals surface area contributed by atoms with Crippen molar-refractivity contribution >= 4 is 34.1 Å². The highest BCUT2D eigenvalue weighted by molar-refractivity contribution is 6.33. The number of aromatic amines is 1. The van der Waals surface area contributed by atoms with Crippen molar-refractivity contribution in [3.05, 3.63) is 75.4 Å². The molecule has 34 heavy (non-hydrogen) atoms. The molecule has 3 N–H and O–H groups in total. The molecule has 0 saturated heterocycles. The number of para-hydroxylation sites is 1. The number of H-pyrrole nitrogens is 1. The van der Waals surface area contributed by atoms with Gasteiger partial charge in [-0.2, -0.15) is 5.10 Å². The van der Waals surface area contributed by atoms with E-state index in [2.05, 4.69) is 30.8 Å². The molecule has 1 aliphatic rings. The van der Waals surface area contributed by atoms with Crippen LogP contribution in [-0.2, 0) is 6.54 Å². The topological polar surface area (TPSA) is 122 Å². The molecule has 2 aromatic heterocycles. The number of non-ortho nitro benzene ring substituents is 1. The molecule has 2 aromatic carbocycles. The van der Waals surface area contributed by atoms with Gasteiger partial charge in [-0.15, -0.1) is 0 Å². The summed E-state index contributed by atoms with van der Waals surface area (Å²) in [5, 5.41) is 26.7. The molecule has 0 amide bonds. The van der Waals surface area contributed by atoms with Crippen molar-refractivity contribution in [2.75, 3.05) is 5.32 Å². The number of hydrogen-bond donors (Lipinski definition) is 3. The van der Waals surface area contributed by atoms with Crippen LogP contribution in [0.25, 0.3) is 22.3 Å². The summed E-state index contributed by atoms with van der Waals surface area (Å²) in [4.78, 5) is 19.5. The third-order valence-corrected chi connectivity index (χ3v) is 6.46. The van der Waals surface area contributed by atoms with E-state index < -0.39 is 0 Å². The number of nitrogens with one attached hydrogen (secondary N) is 3. The van der Waals surface area contributed by atoms with Crippen LogP contribution in [0.1, 0.15) is 31.2 Å². The third-order valence-electron chi connectivity index (χ3n) is 6.19. The summed E-state index contributed by atoms with van der Waals surface area (Å²) in [7, 11) is 0. The highest BCUT2D eigenvalue weighted by Crippen LogP contribution is 2.31. The maximum atomic E-state index is 10.8. The molecule has 0 radical (unpaired) electrons. The second-order valence-electron chi connectivity index (χ2n) is 8.52. The van der Waals surface area contributed by atoms with Crippen molar-refractivity contribution in [2.45, 2.75) is 44.3 Å². The summed E-state index contributed by atoms with van der Waals surface area (Å²) < 4.78 is 0. The average molecular weight is 478 g/mol. The first-order chi connectivity index (χ1) is 16.6. The molecule has 1 unspecified atom stereocenters. The van der Waals surface area contributed by atoms with Crippen molar-refractivity contribution in [2.24, 2.45) is 0 Å². The van der Waals surface area contributed by atoms with Crippen LogP contribution in [0.3, 0.4) is 0 Å². The van der Waals surface area contributed by atoms with E-state index in [1.807, 2.05) is 24.3 Å². The highest BCUT2D eigenvalue weighted by Gasteiger charge is 2.23. The zero-order valence-corrected chi connectivity index (χ0v) is 19.1. The molecule has 1 aliphatic carbocycles. The van der Waals surface area contributed by atoms with Crippen molar-refractivity contribution < 1.29 is 4.92 Å². The zero-order chi connectivity index (χ0) is 23.5. The van der Waals surface area contributed by atoms with Crippen LogP contribution in [0.4, 0.5) is 11.6 Å². The summed E-state index contributed by atoms with van der Waals surface area (Å²) in [5.41, 5.74) is 3.36. The molecule has 10 heteroatoms. The number of anilines is 1. The molecule has 2 atom stereocenters. The van der Waals surface area contributed by atoms with Gasteiger partial charge in [0.05, 0.1) is 21.7 Å². The van der Waals surface area contributed by atoms with Gasteiger partial charge in [-0.05, 0) is 37.3 Å². The van der Waals surface area contributed by atoms with Crippen LogP contribution < -0.4 is 10.6 Å². The largest absolute Gasteiger partial charge is 0.351 e. The minimum Gasteiger partial charge on any atom is -0.351 e. The Morgan fingerprint density at radius 2 is 1.88 bits per heavy atom. The first-order valence-corrected chi connectivity index (χ1v) is 11.6. The van der Waals surface area contributed by atoms with Crippen LogP contribution in [0.5, 0.6) is 0 Å². The van der Waals surface area contributed by atoms with Crippen molar-refractivity contribution in [3.63, 3.8) is 0 Å². The van der Waals surface area contributed by atoms with Gasteiger partial charge in [-0.25, -0.2) is 9.97 Å². The SMILES string of the molecule is O=[N+]([O-])c1ccc(CN[C@H]2CCCC(Nc3ncc(Cl)c(-c4n[nH]c5ccccc45)n3)C2)cc1. The van der Waals surface area contributed by atoms with E-state index in [1.165, 1.54) is 0 Å². The lowest BCUT2D eigenvalue weighted by atomic mass is 9.91. The number of hydrogen-bond acceptors (Lipinski definition) is 7. The van der Waals surface area contributed by atoms with Crippen LogP contribution in [-0.4, -0.2) is 37.2 Å². The normalized spacial score (nSPS) is 18.1. The Hall–Kier alpha value is -3.56. The second-order valence-corrected chi connectivity index (χ2v) is 8.92. The van der Waals surface area contributed by atoms with E-state index in [-0.39, 0.29) is 16.7 Å². The quantitative estimate of drug-likeness (QED) is 0.250. The number of halogens is 1. The van der Waals surface area contributed by atoms with E-state index in [9.17, 15) is 10.1 Å². The Morgan fingerprint density at radius 3 is 2.71 bits per heavy atom. The lowest BCUT2D eigenvalue weighted by Gasteiger charge is -2.30. The fourth-order valence-electron chi connectivity index (χ4n) is 4.43. The highest BCUT2D eigenvalue weighted by atomic mass is 35.5. The van der Waals surface area contributed by atoms with Gasteiger partial charge in [0.15, 0.2) is 0 Å². The van der Waals surface area contributed by atoms with Gasteiger partial charge in [-0.3, -0.25) is 15.2 Å². The monoisotopic (exact) mass is 477 g/mol. The lowest BCUT2D eigenvalue weighted by molar-refractivity contribution is -0.384. The van der Waals surface area contributed by atoms with Gasteiger partial charge < -0.3 is 10.6 Å². The summed E-state index contributed by atoms with van der Waals surface area (Å²) in [6.45, 7) is 0.670. The number of nitro benzene ring substituents is 1. The number of benzene rings is 2. The molecule has 5 rings (SSSR count). The van der Waals surface area contributed by atoms with Crippen LogP contribution in [0.2, 0.25) is 5.02 Å². The fourth-order valence-corrected chi connectivity index (χ4v) is 4.61. The summed E-state index contributed by atoms with van der Waals surface area (Å²) >= 11 is 6.43. The van der Waals surface area contributed by atoms with E-state index in [1.54, 1.807) is 30.5 Å². The molecular formula is C24H24ClN7O2. The fraction of sp³-hybridized carbons (Fsp3) is 0.292. The van der Waals surface area contributed by atoms with Crippen molar-refractivity contribution in [1.82, 2.24) is 25.5 Å². The summed E-state index contributed by atoms with van der Waals surface area (Å²) in [6, 6.07) is 15.1. The first kappa shape index (κ1) is 22.2. The van der Waals surface area contributed by atoms with Crippen molar-refractivity contribution in [3.8, 4) is 11.4 Å². The number of nitro groups is 1. The van der Waals surface area contributed by atoms with Gasteiger partial charge in [0.1, 0.15) is 11.4 Å². The van der Waals surface area contributed by atoms with E-state index in [4.69, 9.17) is 11.6 Å². The number of nitrogens with zero attached hydrogens (tertiary/aromatic N) is 4. The van der Waals surface area contributed by atoms with Crippen molar-refractivity contribution in [1.29, 1.82) is 0 Å². The maximum absolute atomic E-state index is 10.8. The third kappa shape index (κ3) is 4.85. The Labute approximate surface area is 201 Å². The number of fused-ring (bicyclic) bond motifs is 1. The van der Waals surface area contributed by atoms with E-state index >= 15 is 0 Å². The molecule has 1 saturated carbocycles. The zero-order valence-electron chi connectivity index (χ0n) is 18.4. The Kier molecular flexibility index (Phi) is 6.37. The van der Waals surface area contributed by atoms with Crippen LogP contribution in [0.15, 0.2) is 54.7 Å². The Bertz CT molecular complexity index is 1310. The maximum Gasteiger partial charge on any atom is 0.269 e. The van der Waals surface area contributed by atoms with E-state index in [0.717, 1.165) is 42.1 Å². The average Bonchev–Trinajstić information content (AvgIpc) is 3.28. The molecule has 0 aliphatic heterocycles. The van der Waals surface area contributed by atoms with Gasteiger partial charge in [0.2, 0.25) is 5.95 Å². The van der Waals surface area contributed by atoms with Gasteiger partial charge in [-0.1, -0.05) is 41.9 Å². The molecule has 174 valence electrons. The minimum atomic E-state index is -0.382. The van der Waals surface area contributed by atoms with Gasteiger partial charge >= 0.3 is 0 Å². The molecule has 9 nitrogen and oxygen atoms in total. The van der Waals surface area contributed by atoms with E-state index in [0.29, 0.717) is 34.9 Å². The Balaban J connectivity index is 1.24. The molecule has 4 aromatic rings. The minimum absolute atomic E-state index is 0.107. The predicted molar refractivity (Wildman–Crippen MR) is 132 cm³/mol. The van der Waals surface area contributed by atoms with Crippen LogP contribution >= 0.6 is 11.6 Å². The number of aromatic nitrogens is 4.